The topological polar surface area (TPSA) is 52.3 Å². The van der Waals surface area contributed by atoms with Crippen molar-refractivity contribution in [1.29, 1.82) is 0 Å². The van der Waals surface area contributed by atoms with E-state index in [1.54, 1.807) is 36.4 Å². The van der Waals surface area contributed by atoms with Gasteiger partial charge in [0.2, 0.25) is 0 Å². The summed E-state index contributed by atoms with van der Waals surface area (Å²) in [6.07, 6.45) is 0.617. The zero-order valence-electron chi connectivity index (χ0n) is 14.0. The van der Waals surface area contributed by atoms with Gasteiger partial charge in [0, 0.05) is 27.9 Å². The van der Waals surface area contributed by atoms with Crippen molar-refractivity contribution in [2.45, 2.75) is 6.42 Å². The normalized spacial score (nSPS) is 10.9. The van der Waals surface area contributed by atoms with Crippen molar-refractivity contribution < 1.29 is 14.1 Å². The van der Waals surface area contributed by atoms with Crippen LogP contribution in [-0.4, -0.2) is 11.1 Å². The van der Waals surface area contributed by atoms with Crippen molar-refractivity contribution in [2.75, 3.05) is 0 Å². The Morgan fingerprint density at radius 1 is 0.963 bits per heavy atom. The van der Waals surface area contributed by atoms with E-state index in [0.29, 0.717) is 33.4 Å². The molecule has 0 amide bonds. The summed E-state index contributed by atoms with van der Waals surface area (Å²) in [5, 5.41) is 6.17. The van der Waals surface area contributed by atoms with Crippen LogP contribution in [0.25, 0.3) is 11.0 Å². The Bertz CT molecular complexity index is 1120. The largest absolute Gasteiger partial charge is 0.423 e. The number of rotatable bonds is 4. The van der Waals surface area contributed by atoms with Crippen LogP contribution in [0.1, 0.15) is 21.6 Å². The maximum atomic E-state index is 12.2. The highest BCUT2D eigenvalue weighted by Crippen LogP contribution is 2.26. The summed E-state index contributed by atoms with van der Waals surface area (Å²) >= 11 is 11.8. The first kappa shape index (κ1) is 17.6. The molecule has 3 aromatic carbocycles. The molecule has 0 fully saturated rings. The Morgan fingerprint density at radius 3 is 2.56 bits per heavy atom. The second-order valence-electron chi connectivity index (χ2n) is 5.99. The van der Waals surface area contributed by atoms with Crippen molar-refractivity contribution in [1.82, 2.24) is 5.16 Å². The third-order valence-electron chi connectivity index (χ3n) is 4.07. The number of benzene rings is 3. The van der Waals surface area contributed by atoms with Crippen LogP contribution >= 0.6 is 23.2 Å². The number of ether oxygens (including phenoxy) is 1. The van der Waals surface area contributed by atoms with Gasteiger partial charge in [-0.1, -0.05) is 46.6 Å². The Balaban J connectivity index is 1.55. The number of nitrogens with zero attached hydrogens (tertiary/aromatic N) is 1. The van der Waals surface area contributed by atoms with Crippen molar-refractivity contribution in [3.8, 4) is 5.75 Å². The van der Waals surface area contributed by atoms with Gasteiger partial charge in [0.1, 0.15) is 5.75 Å². The van der Waals surface area contributed by atoms with E-state index in [1.807, 2.05) is 30.3 Å². The molecule has 0 saturated heterocycles. The number of hydrogen-bond acceptors (Lipinski definition) is 4. The van der Waals surface area contributed by atoms with E-state index in [1.165, 1.54) is 0 Å². The number of carbonyl (C=O) groups excluding carboxylic acids is 1. The highest BCUT2D eigenvalue weighted by atomic mass is 35.5. The number of halogens is 2. The van der Waals surface area contributed by atoms with Gasteiger partial charge in [0.15, 0.2) is 5.58 Å². The molecule has 4 rings (SSSR count). The molecule has 0 aliphatic heterocycles. The van der Waals surface area contributed by atoms with Gasteiger partial charge < -0.3 is 9.26 Å². The smallest absolute Gasteiger partial charge is 0.343 e. The first-order chi connectivity index (χ1) is 13.1. The second kappa shape index (κ2) is 7.43. The van der Waals surface area contributed by atoms with Crippen molar-refractivity contribution >= 4 is 40.1 Å². The summed E-state index contributed by atoms with van der Waals surface area (Å²) < 4.78 is 10.8. The Labute approximate surface area is 165 Å². The fourth-order valence-electron chi connectivity index (χ4n) is 2.74. The maximum absolute atomic E-state index is 12.2. The molecule has 0 atom stereocenters. The SMILES string of the molecule is O=C(Oc1ccc2c(Cc3ccc(Cl)cc3)noc2c1)c1cccc(Cl)c1. The number of fused-ring (bicyclic) bond motifs is 1. The Hall–Kier alpha value is -2.82. The third kappa shape index (κ3) is 3.97. The quantitative estimate of drug-likeness (QED) is 0.315. The van der Waals surface area contributed by atoms with Gasteiger partial charge in [0.05, 0.1) is 11.3 Å². The van der Waals surface area contributed by atoms with Crippen molar-refractivity contribution in [2.24, 2.45) is 0 Å². The van der Waals surface area contributed by atoms with Crippen LogP contribution < -0.4 is 4.74 Å². The molecule has 1 aromatic heterocycles. The second-order valence-corrected chi connectivity index (χ2v) is 6.86. The lowest BCUT2D eigenvalue weighted by atomic mass is 10.1. The molecule has 6 heteroatoms. The predicted molar refractivity (Wildman–Crippen MR) is 105 cm³/mol. The van der Waals surface area contributed by atoms with Crippen LogP contribution in [0, 0.1) is 0 Å². The monoisotopic (exact) mass is 397 g/mol. The highest BCUT2D eigenvalue weighted by molar-refractivity contribution is 6.31. The summed E-state index contributed by atoms with van der Waals surface area (Å²) in [5.74, 6) is -0.112. The standard InChI is InChI=1S/C21H13Cl2NO3/c22-15-6-4-13(5-7-15)10-19-18-9-8-17(12-20(18)27-24-19)26-21(25)14-2-1-3-16(23)11-14/h1-9,11-12H,10H2. The molecule has 27 heavy (non-hydrogen) atoms. The number of hydrogen-bond donors (Lipinski definition) is 0. The summed E-state index contributed by atoms with van der Waals surface area (Å²) in [6.45, 7) is 0. The fraction of sp³-hybridized carbons (Fsp3) is 0.0476. The summed E-state index contributed by atoms with van der Waals surface area (Å²) in [6, 6.07) is 19.4. The number of carbonyl (C=O) groups is 1. The van der Waals surface area contributed by atoms with Crippen molar-refractivity contribution in [3.05, 3.63) is 93.6 Å². The zero-order chi connectivity index (χ0) is 18.8. The Morgan fingerprint density at radius 2 is 1.78 bits per heavy atom. The van der Waals surface area contributed by atoms with Gasteiger partial charge in [-0.15, -0.1) is 0 Å². The van der Waals surface area contributed by atoms with E-state index < -0.39 is 5.97 Å². The molecule has 4 nitrogen and oxygen atoms in total. The molecule has 134 valence electrons. The molecular weight excluding hydrogens is 385 g/mol. The van der Waals surface area contributed by atoms with E-state index >= 15 is 0 Å². The zero-order valence-corrected chi connectivity index (χ0v) is 15.5. The first-order valence-corrected chi connectivity index (χ1v) is 8.94. The molecule has 0 aliphatic carbocycles. The lowest BCUT2D eigenvalue weighted by Gasteiger charge is -2.04. The third-order valence-corrected chi connectivity index (χ3v) is 4.56. The molecule has 0 N–H and O–H groups in total. The van der Waals surface area contributed by atoms with Gasteiger partial charge in [-0.2, -0.15) is 0 Å². The summed E-state index contributed by atoms with van der Waals surface area (Å²) in [4.78, 5) is 12.2. The minimum Gasteiger partial charge on any atom is -0.423 e. The van der Waals surface area contributed by atoms with Crippen LogP contribution in [0.15, 0.2) is 71.3 Å². The lowest BCUT2D eigenvalue weighted by Crippen LogP contribution is -2.08. The van der Waals surface area contributed by atoms with Gasteiger partial charge >= 0.3 is 5.97 Å². The van der Waals surface area contributed by atoms with E-state index in [2.05, 4.69) is 5.16 Å². The first-order valence-electron chi connectivity index (χ1n) is 8.19. The van der Waals surface area contributed by atoms with E-state index in [-0.39, 0.29) is 0 Å². The van der Waals surface area contributed by atoms with Crippen LogP contribution in [0.3, 0.4) is 0 Å². The van der Waals surface area contributed by atoms with Gasteiger partial charge in [-0.05, 0) is 48.0 Å². The molecular formula is C21H13Cl2NO3. The maximum Gasteiger partial charge on any atom is 0.343 e. The molecule has 0 spiro atoms. The lowest BCUT2D eigenvalue weighted by molar-refractivity contribution is 0.0735. The van der Waals surface area contributed by atoms with E-state index in [0.717, 1.165) is 16.6 Å². The van der Waals surface area contributed by atoms with Crippen LogP contribution in [-0.2, 0) is 6.42 Å². The summed E-state index contributed by atoms with van der Waals surface area (Å²) in [5.41, 5.74) is 2.81. The van der Waals surface area contributed by atoms with E-state index in [9.17, 15) is 4.79 Å². The van der Waals surface area contributed by atoms with E-state index in [4.69, 9.17) is 32.5 Å². The van der Waals surface area contributed by atoms with Crippen LogP contribution in [0.5, 0.6) is 5.75 Å². The molecule has 1 heterocycles. The minimum absolute atomic E-state index is 0.377. The molecule has 0 bridgehead atoms. The van der Waals surface area contributed by atoms with Crippen molar-refractivity contribution in [3.63, 3.8) is 0 Å². The predicted octanol–water partition coefficient (Wildman–Crippen LogP) is 5.94. The molecule has 0 unspecified atom stereocenters. The number of esters is 1. The van der Waals surface area contributed by atoms with Gasteiger partial charge in [-0.25, -0.2) is 4.79 Å². The molecule has 0 saturated carbocycles. The fourth-order valence-corrected chi connectivity index (χ4v) is 3.05. The van der Waals surface area contributed by atoms with Crippen LogP contribution in [0.4, 0.5) is 0 Å². The molecule has 0 aliphatic rings. The average Bonchev–Trinajstić information content (AvgIpc) is 3.05. The highest BCUT2D eigenvalue weighted by Gasteiger charge is 2.13. The molecule has 0 radical (unpaired) electrons. The summed E-state index contributed by atoms with van der Waals surface area (Å²) in [7, 11) is 0. The number of aromatic nitrogens is 1. The minimum atomic E-state index is -0.488. The average molecular weight is 398 g/mol. The van der Waals surface area contributed by atoms with Gasteiger partial charge in [0.25, 0.3) is 0 Å². The molecule has 4 aromatic rings. The van der Waals surface area contributed by atoms with Crippen LogP contribution in [0.2, 0.25) is 10.0 Å². The van der Waals surface area contributed by atoms with Gasteiger partial charge in [-0.3, -0.25) is 0 Å². The Kier molecular flexibility index (Phi) is 4.84.